The molecule has 0 spiro atoms. The lowest BCUT2D eigenvalue weighted by Crippen LogP contribution is -2.17. The molecule has 84 heavy (non-hydrogen) atoms. The van der Waals surface area contributed by atoms with E-state index < -0.39 is 0 Å². The topological polar surface area (TPSA) is 61.4 Å². The lowest BCUT2D eigenvalue weighted by Gasteiger charge is -2.26. The summed E-state index contributed by atoms with van der Waals surface area (Å²) in [5.41, 5.74) is 20.3. The van der Waals surface area contributed by atoms with Gasteiger partial charge in [-0.2, -0.15) is 0 Å². The predicted molar refractivity (Wildman–Crippen MR) is 354 cm³/mol. The molecule has 0 amide bonds. The predicted octanol–water partition coefficient (Wildman–Crippen LogP) is 20.7. The Morgan fingerprint density at radius 2 is 0.643 bits per heavy atom. The number of rotatable bonds is 8. The third-order valence-corrected chi connectivity index (χ3v) is 16.9. The van der Waals surface area contributed by atoms with Gasteiger partial charge in [-0.05, 0) is 151 Å². The van der Waals surface area contributed by atoms with Crippen LogP contribution < -0.4 is 0 Å². The van der Waals surface area contributed by atoms with E-state index >= 15 is 0 Å². The number of nitrogens with zero attached hydrogens (tertiary/aromatic N) is 6. The lowest BCUT2D eigenvalue weighted by atomic mass is 9.79. The maximum Gasteiger partial charge on any atom is 0.164 e. The molecule has 13 aromatic rings. The molecule has 6 heteroatoms. The first-order valence-corrected chi connectivity index (χ1v) is 29.5. The Morgan fingerprint density at radius 1 is 0.274 bits per heavy atom. The first kappa shape index (κ1) is 54.0. The maximum atomic E-state index is 5.59. The van der Waals surface area contributed by atoms with Crippen molar-refractivity contribution in [3.05, 3.63) is 241 Å². The molecule has 9 aromatic carbocycles. The highest BCUT2D eigenvalue weighted by atomic mass is 15.0. The summed E-state index contributed by atoms with van der Waals surface area (Å²) in [7, 11) is 0. The molecule has 0 fully saturated rings. The fraction of sp³-hybridized carbons (Fsp3) is 0.205. The van der Waals surface area contributed by atoms with Crippen molar-refractivity contribution in [1.82, 2.24) is 29.1 Å². The molecule has 0 bridgehead atoms. The van der Waals surface area contributed by atoms with Gasteiger partial charge in [-0.15, -0.1) is 0 Å². The summed E-state index contributed by atoms with van der Waals surface area (Å²) in [4.78, 5) is 21.7. The van der Waals surface area contributed by atoms with E-state index in [0.717, 1.165) is 61.3 Å². The highest BCUT2D eigenvalue weighted by Crippen LogP contribution is 2.44. The zero-order valence-corrected chi connectivity index (χ0v) is 50.5. The van der Waals surface area contributed by atoms with E-state index in [2.05, 4.69) is 298 Å². The molecule has 0 aliphatic rings. The van der Waals surface area contributed by atoms with Gasteiger partial charge in [-0.1, -0.05) is 204 Å². The van der Waals surface area contributed by atoms with Gasteiger partial charge in [-0.25, -0.2) is 15.0 Å². The second-order valence-corrected chi connectivity index (χ2v) is 26.9. The van der Waals surface area contributed by atoms with E-state index in [4.69, 9.17) is 19.9 Å². The number of hydrogen-bond donors (Lipinski definition) is 0. The number of fused-ring (bicyclic) bond motifs is 6. The standard InChI is InChI=1S/C78H72N6/c1-75(2,3)56-39-54(40-57(46-56)76(4,5)6)73-80-72(81-74(82-73)55-41-58(77(7,8)9)47-59(42-55)78(10,11)12)53-33-36-70(83-66-29-21-19-27-60(66)61-28-20-22-30-67(61)83)64(45-53)65-48-79-38-37-71(65)84-68-34-31-51(49-23-15-13-16-24-49)43-62(68)63-44-52(32-35-69(63)84)50-25-17-14-18-26-50/h13-48H,1-12H3. The summed E-state index contributed by atoms with van der Waals surface area (Å²) in [5, 5.41) is 4.71. The van der Waals surface area contributed by atoms with E-state index in [9.17, 15) is 0 Å². The van der Waals surface area contributed by atoms with Crippen molar-refractivity contribution in [1.29, 1.82) is 0 Å². The SMILES string of the molecule is CC(C)(C)c1cc(-c2nc(-c3cc(C(C)(C)C)cc(C(C)(C)C)c3)nc(-c3ccc(-n4c5ccccc5c5ccccc54)c(-c4cnccc4-n4c5ccc(-c6ccccc6)cc5c5cc(-c6ccccc6)ccc54)c3)n2)cc(C(C)(C)C)c1. The molecule has 13 rings (SSSR count). The van der Waals surface area contributed by atoms with E-state index in [1.165, 1.54) is 66.1 Å². The Kier molecular flexibility index (Phi) is 13.0. The van der Waals surface area contributed by atoms with Crippen molar-refractivity contribution in [3.63, 3.8) is 0 Å². The molecule has 0 N–H and O–H groups in total. The molecule has 0 saturated heterocycles. The number of hydrogen-bond acceptors (Lipinski definition) is 4. The molecule has 6 nitrogen and oxygen atoms in total. The summed E-state index contributed by atoms with van der Waals surface area (Å²) < 4.78 is 4.86. The van der Waals surface area contributed by atoms with E-state index in [1.807, 2.05) is 12.4 Å². The van der Waals surface area contributed by atoms with Crippen LogP contribution in [0.15, 0.2) is 219 Å². The normalized spacial score (nSPS) is 12.5. The molecule has 0 aliphatic heterocycles. The van der Waals surface area contributed by atoms with E-state index in [0.29, 0.717) is 17.5 Å². The van der Waals surface area contributed by atoms with Crippen molar-refractivity contribution in [2.24, 2.45) is 0 Å². The second kappa shape index (κ2) is 20.3. The largest absolute Gasteiger partial charge is 0.309 e. The van der Waals surface area contributed by atoms with Crippen LogP contribution in [0.25, 0.3) is 123 Å². The van der Waals surface area contributed by atoms with Gasteiger partial charge in [-0.3, -0.25) is 4.98 Å². The van der Waals surface area contributed by atoms with Crippen LogP contribution in [0.4, 0.5) is 0 Å². The summed E-state index contributed by atoms with van der Waals surface area (Å²) in [6.45, 7) is 27.4. The quantitative estimate of drug-likeness (QED) is 0.152. The molecule has 0 radical (unpaired) electrons. The molecule has 4 heterocycles. The van der Waals surface area contributed by atoms with Crippen LogP contribution in [0.5, 0.6) is 0 Å². The minimum Gasteiger partial charge on any atom is -0.309 e. The van der Waals surface area contributed by atoms with Gasteiger partial charge in [0.15, 0.2) is 17.5 Å². The number of para-hydroxylation sites is 2. The summed E-state index contributed by atoms with van der Waals surface area (Å²) >= 11 is 0. The fourth-order valence-corrected chi connectivity index (χ4v) is 12.0. The van der Waals surface area contributed by atoms with Crippen LogP contribution in [-0.2, 0) is 21.7 Å². The number of pyridine rings is 1. The zero-order chi connectivity index (χ0) is 58.5. The highest BCUT2D eigenvalue weighted by molar-refractivity contribution is 6.13. The van der Waals surface area contributed by atoms with Crippen molar-refractivity contribution >= 4 is 43.6 Å². The van der Waals surface area contributed by atoms with Gasteiger partial charge in [0.2, 0.25) is 0 Å². The third-order valence-electron chi connectivity index (χ3n) is 16.9. The van der Waals surface area contributed by atoms with Crippen LogP contribution in [0.2, 0.25) is 0 Å². The average molecular weight is 1090 g/mol. The molecule has 414 valence electrons. The summed E-state index contributed by atoms with van der Waals surface area (Å²) in [6, 6.07) is 75.5. The monoisotopic (exact) mass is 1090 g/mol. The smallest absolute Gasteiger partial charge is 0.164 e. The Labute approximate surface area is 494 Å². The average Bonchev–Trinajstić information content (AvgIpc) is 1.73. The first-order chi connectivity index (χ1) is 40.2. The molecule has 0 unspecified atom stereocenters. The van der Waals surface area contributed by atoms with Crippen LogP contribution in [-0.4, -0.2) is 29.1 Å². The summed E-state index contributed by atoms with van der Waals surface area (Å²) in [6.07, 6.45) is 3.97. The molecular weight excluding hydrogens is 1020 g/mol. The number of aromatic nitrogens is 6. The molecule has 4 aromatic heterocycles. The van der Waals surface area contributed by atoms with E-state index in [-0.39, 0.29) is 21.7 Å². The highest BCUT2D eigenvalue weighted by Gasteiger charge is 2.27. The number of benzene rings is 9. The summed E-state index contributed by atoms with van der Waals surface area (Å²) in [5.74, 6) is 1.86. The van der Waals surface area contributed by atoms with Crippen LogP contribution in [0, 0.1) is 0 Å². The van der Waals surface area contributed by atoms with Gasteiger partial charge in [0, 0.05) is 61.8 Å². The van der Waals surface area contributed by atoms with Gasteiger partial charge in [0.05, 0.1) is 33.4 Å². The fourth-order valence-electron chi connectivity index (χ4n) is 12.0. The molecular formula is C78H72N6. The zero-order valence-electron chi connectivity index (χ0n) is 50.5. The first-order valence-electron chi connectivity index (χ1n) is 29.5. The molecule has 0 atom stereocenters. The van der Waals surface area contributed by atoms with Crippen molar-refractivity contribution in [2.75, 3.05) is 0 Å². The van der Waals surface area contributed by atoms with E-state index in [1.54, 1.807) is 0 Å². The Balaban J connectivity index is 1.11. The second-order valence-electron chi connectivity index (χ2n) is 26.9. The van der Waals surface area contributed by atoms with Crippen LogP contribution in [0.3, 0.4) is 0 Å². The van der Waals surface area contributed by atoms with Gasteiger partial charge in [0.25, 0.3) is 0 Å². The van der Waals surface area contributed by atoms with Gasteiger partial charge < -0.3 is 9.13 Å². The lowest BCUT2D eigenvalue weighted by molar-refractivity contribution is 0.568. The van der Waals surface area contributed by atoms with Crippen LogP contribution in [0.1, 0.15) is 105 Å². The van der Waals surface area contributed by atoms with Crippen molar-refractivity contribution in [3.8, 4) is 78.9 Å². The minimum absolute atomic E-state index is 0.124. The third kappa shape index (κ3) is 9.87. The Hall–Kier alpha value is -9.26. The van der Waals surface area contributed by atoms with Gasteiger partial charge >= 0.3 is 0 Å². The minimum atomic E-state index is -0.124. The van der Waals surface area contributed by atoms with Crippen molar-refractivity contribution < 1.29 is 0 Å². The van der Waals surface area contributed by atoms with Gasteiger partial charge in [0.1, 0.15) is 0 Å². The molecule has 0 aliphatic carbocycles. The Morgan fingerprint density at radius 3 is 1.07 bits per heavy atom. The van der Waals surface area contributed by atoms with Crippen LogP contribution >= 0.6 is 0 Å². The Bertz CT molecular complexity index is 4380. The maximum absolute atomic E-state index is 5.59. The van der Waals surface area contributed by atoms with Crippen molar-refractivity contribution in [2.45, 2.75) is 105 Å². The molecule has 0 saturated carbocycles.